The molecular weight excluding hydrogens is 302 g/mol. The van der Waals surface area contributed by atoms with Crippen LogP contribution in [-0.2, 0) is 16.0 Å². The highest BCUT2D eigenvalue weighted by Crippen LogP contribution is 2.26. The summed E-state index contributed by atoms with van der Waals surface area (Å²) in [6.07, 6.45) is 1.11. The minimum absolute atomic E-state index is 0.0803. The van der Waals surface area contributed by atoms with Gasteiger partial charge in [-0.25, -0.2) is 0 Å². The molecule has 1 aromatic carbocycles. The Labute approximate surface area is 144 Å². The molecule has 2 atom stereocenters. The molecule has 1 saturated heterocycles. The van der Waals surface area contributed by atoms with Gasteiger partial charge in [-0.15, -0.1) is 0 Å². The van der Waals surface area contributed by atoms with Crippen LogP contribution in [0.3, 0.4) is 0 Å². The molecule has 0 radical (unpaired) electrons. The maximum absolute atomic E-state index is 13.1. The number of hydrogen-bond donors (Lipinski definition) is 2. The number of nitrogens with two attached hydrogens (primary N) is 1. The molecule has 0 saturated carbocycles. The molecule has 5 nitrogen and oxygen atoms in total. The Bertz CT molecular complexity index is 584. The molecule has 1 heterocycles. The Morgan fingerprint density at radius 2 is 1.96 bits per heavy atom. The van der Waals surface area contributed by atoms with Gasteiger partial charge in [0.1, 0.15) is 6.04 Å². The molecule has 132 valence electrons. The molecule has 24 heavy (non-hydrogen) atoms. The zero-order valence-corrected chi connectivity index (χ0v) is 15.1. The fraction of sp³-hybridized carbons (Fsp3) is 0.579. The summed E-state index contributed by atoms with van der Waals surface area (Å²) in [5.41, 5.74) is 6.80. The summed E-state index contributed by atoms with van der Waals surface area (Å²) < 4.78 is 0. The molecule has 1 aliphatic heterocycles. The minimum atomic E-state index is -0.646. The van der Waals surface area contributed by atoms with Gasteiger partial charge in [-0.3, -0.25) is 9.59 Å². The number of benzene rings is 1. The van der Waals surface area contributed by atoms with Crippen LogP contribution in [0, 0.1) is 5.92 Å². The van der Waals surface area contributed by atoms with Crippen molar-refractivity contribution < 1.29 is 9.59 Å². The topological polar surface area (TPSA) is 75.4 Å². The van der Waals surface area contributed by atoms with Crippen molar-refractivity contribution in [3.8, 4) is 0 Å². The van der Waals surface area contributed by atoms with E-state index < -0.39 is 17.6 Å². The number of hydrogen-bond acceptors (Lipinski definition) is 3. The van der Waals surface area contributed by atoms with Gasteiger partial charge in [-0.05, 0) is 38.2 Å². The molecule has 2 unspecified atom stereocenters. The van der Waals surface area contributed by atoms with Gasteiger partial charge in [0.2, 0.25) is 11.8 Å². The summed E-state index contributed by atoms with van der Waals surface area (Å²) in [6, 6.07) is 8.64. The van der Waals surface area contributed by atoms with Gasteiger partial charge in [0.25, 0.3) is 0 Å². The molecule has 3 N–H and O–H groups in total. The summed E-state index contributed by atoms with van der Waals surface area (Å²) in [5, 5.41) is 2.93. The van der Waals surface area contributed by atoms with Crippen molar-refractivity contribution in [3.63, 3.8) is 0 Å². The second kappa shape index (κ2) is 7.34. The van der Waals surface area contributed by atoms with Gasteiger partial charge < -0.3 is 16.0 Å². The molecule has 5 heteroatoms. The smallest absolute Gasteiger partial charge is 0.242 e. The number of carbonyl (C=O) groups is 2. The van der Waals surface area contributed by atoms with Crippen LogP contribution in [0.1, 0.15) is 39.7 Å². The van der Waals surface area contributed by atoms with Crippen LogP contribution in [0.5, 0.6) is 0 Å². The van der Waals surface area contributed by atoms with Crippen LogP contribution in [0.4, 0.5) is 0 Å². The monoisotopic (exact) mass is 331 g/mol. The fourth-order valence-corrected chi connectivity index (χ4v) is 3.29. The Kier molecular flexibility index (Phi) is 5.65. The molecule has 0 spiro atoms. The first-order valence-electron chi connectivity index (χ1n) is 8.63. The van der Waals surface area contributed by atoms with E-state index in [1.807, 2.05) is 44.2 Å². The van der Waals surface area contributed by atoms with E-state index in [-0.39, 0.29) is 11.8 Å². The lowest BCUT2D eigenvalue weighted by Crippen LogP contribution is -2.69. The van der Waals surface area contributed by atoms with Gasteiger partial charge in [-0.2, -0.15) is 0 Å². The number of piperazine rings is 1. The highest BCUT2D eigenvalue weighted by atomic mass is 16.2. The van der Waals surface area contributed by atoms with Crippen molar-refractivity contribution in [1.29, 1.82) is 0 Å². The van der Waals surface area contributed by atoms with Crippen LogP contribution < -0.4 is 11.1 Å². The predicted molar refractivity (Wildman–Crippen MR) is 95.3 cm³/mol. The molecule has 1 aliphatic rings. The van der Waals surface area contributed by atoms with E-state index in [0.717, 1.165) is 5.56 Å². The van der Waals surface area contributed by atoms with Gasteiger partial charge >= 0.3 is 0 Å². The quantitative estimate of drug-likeness (QED) is 0.862. The first-order valence-corrected chi connectivity index (χ1v) is 8.63. The largest absolute Gasteiger partial charge is 0.352 e. The van der Waals surface area contributed by atoms with E-state index in [1.165, 1.54) is 0 Å². The van der Waals surface area contributed by atoms with E-state index in [2.05, 4.69) is 19.2 Å². The summed E-state index contributed by atoms with van der Waals surface area (Å²) in [5.74, 6) is 0.0861. The SMILES string of the molecule is CC(C)CC1C(=O)NCC(C)(C)N1C(=O)C(N)Cc1ccccc1. The molecule has 0 aliphatic carbocycles. The number of nitrogens with zero attached hydrogens (tertiary/aromatic N) is 1. The number of nitrogens with one attached hydrogen (secondary N) is 1. The normalized spacial score (nSPS) is 21.5. The van der Waals surface area contributed by atoms with Crippen molar-refractivity contribution in [2.45, 2.75) is 58.2 Å². The second-order valence-corrected chi connectivity index (χ2v) is 7.68. The van der Waals surface area contributed by atoms with Gasteiger partial charge in [0, 0.05) is 6.54 Å². The first kappa shape index (κ1) is 18.5. The van der Waals surface area contributed by atoms with Crippen molar-refractivity contribution in [3.05, 3.63) is 35.9 Å². The Balaban J connectivity index is 2.22. The van der Waals surface area contributed by atoms with E-state index in [0.29, 0.717) is 25.3 Å². The van der Waals surface area contributed by atoms with E-state index in [4.69, 9.17) is 5.73 Å². The van der Waals surface area contributed by atoms with E-state index in [9.17, 15) is 9.59 Å². The van der Waals surface area contributed by atoms with Crippen LogP contribution in [-0.4, -0.2) is 40.9 Å². The molecule has 0 bridgehead atoms. The third-order valence-corrected chi connectivity index (χ3v) is 4.51. The Morgan fingerprint density at radius 1 is 1.33 bits per heavy atom. The lowest BCUT2D eigenvalue weighted by atomic mass is 9.89. The molecule has 1 aromatic rings. The van der Waals surface area contributed by atoms with Gasteiger partial charge in [-0.1, -0.05) is 44.2 Å². The van der Waals surface area contributed by atoms with E-state index in [1.54, 1.807) is 4.90 Å². The summed E-state index contributed by atoms with van der Waals surface area (Å²) >= 11 is 0. The number of carbonyl (C=O) groups excluding carboxylic acids is 2. The third kappa shape index (κ3) is 4.15. The first-order chi connectivity index (χ1) is 11.2. The fourth-order valence-electron chi connectivity index (χ4n) is 3.29. The average Bonchev–Trinajstić information content (AvgIpc) is 2.51. The maximum atomic E-state index is 13.1. The lowest BCUT2D eigenvalue weighted by molar-refractivity contribution is -0.153. The third-order valence-electron chi connectivity index (χ3n) is 4.51. The van der Waals surface area contributed by atoms with Gasteiger partial charge in [0.15, 0.2) is 0 Å². The Hall–Kier alpha value is -1.88. The summed E-state index contributed by atoms with van der Waals surface area (Å²) in [6.45, 7) is 8.52. The lowest BCUT2D eigenvalue weighted by Gasteiger charge is -2.48. The molecule has 2 amide bonds. The highest BCUT2D eigenvalue weighted by molar-refractivity contribution is 5.91. The summed E-state index contributed by atoms with van der Waals surface area (Å²) in [7, 11) is 0. The van der Waals surface area contributed by atoms with Crippen LogP contribution in [0.25, 0.3) is 0 Å². The zero-order chi connectivity index (χ0) is 17.9. The molecular formula is C19H29N3O2. The standard InChI is InChI=1S/C19H29N3O2/c1-13(2)10-16-17(23)21-12-19(3,4)22(16)18(24)15(20)11-14-8-6-5-7-9-14/h5-9,13,15-16H,10-12,20H2,1-4H3,(H,21,23). The average molecular weight is 331 g/mol. The van der Waals surface area contributed by atoms with Crippen LogP contribution >= 0.6 is 0 Å². The van der Waals surface area contributed by atoms with Crippen molar-refractivity contribution in [2.24, 2.45) is 11.7 Å². The van der Waals surface area contributed by atoms with Crippen LogP contribution in [0.2, 0.25) is 0 Å². The van der Waals surface area contributed by atoms with Crippen molar-refractivity contribution >= 4 is 11.8 Å². The molecule has 1 fully saturated rings. The number of rotatable bonds is 5. The highest BCUT2D eigenvalue weighted by Gasteiger charge is 2.45. The second-order valence-electron chi connectivity index (χ2n) is 7.68. The Morgan fingerprint density at radius 3 is 2.54 bits per heavy atom. The van der Waals surface area contributed by atoms with Crippen LogP contribution in [0.15, 0.2) is 30.3 Å². The maximum Gasteiger partial charge on any atom is 0.242 e. The summed E-state index contributed by atoms with van der Waals surface area (Å²) in [4.78, 5) is 27.2. The van der Waals surface area contributed by atoms with Crippen molar-refractivity contribution in [2.75, 3.05) is 6.54 Å². The molecule has 2 rings (SSSR count). The predicted octanol–water partition coefficient (Wildman–Crippen LogP) is 1.71. The number of amides is 2. The minimum Gasteiger partial charge on any atom is -0.352 e. The van der Waals surface area contributed by atoms with E-state index >= 15 is 0 Å². The van der Waals surface area contributed by atoms with Crippen molar-refractivity contribution in [1.82, 2.24) is 10.2 Å². The zero-order valence-electron chi connectivity index (χ0n) is 15.1. The molecule has 0 aromatic heterocycles. The van der Waals surface area contributed by atoms with Gasteiger partial charge in [0.05, 0.1) is 11.6 Å².